The first-order chi connectivity index (χ1) is 6.43. The van der Waals surface area contributed by atoms with E-state index in [2.05, 4.69) is 29.6 Å². The van der Waals surface area contributed by atoms with E-state index in [1.165, 1.54) is 26.0 Å². The van der Waals surface area contributed by atoms with Gasteiger partial charge in [0.05, 0.1) is 0 Å². The zero-order chi connectivity index (χ0) is 9.36. The maximum atomic E-state index is 3.42. The highest BCUT2D eigenvalue weighted by Crippen LogP contribution is 1.91. The van der Waals surface area contributed by atoms with Gasteiger partial charge in [0.15, 0.2) is 0 Å². The molecule has 13 heavy (non-hydrogen) atoms. The zero-order valence-corrected chi connectivity index (χ0v) is 8.68. The van der Waals surface area contributed by atoms with E-state index in [0.29, 0.717) is 0 Å². The molecule has 1 saturated heterocycles. The van der Waals surface area contributed by atoms with Crippen molar-refractivity contribution in [2.45, 2.75) is 13.1 Å². The van der Waals surface area contributed by atoms with Crippen molar-refractivity contribution < 1.29 is 0 Å². The van der Waals surface area contributed by atoms with Crippen molar-refractivity contribution in [3.05, 3.63) is 0 Å². The average molecular weight is 182 g/mol. The summed E-state index contributed by atoms with van der Waals surface area (Å²) in [6, 6.07) is 0. The molecule has 0 spiro atoms. The molecule has 0 aliphatic carbocycles. The first kappa shape index (κ1) is 11.0. The number of hydrogen-bond acceptors (Lipinski definition) is 3. The lowest BCUT2D eigenvalue weighted by molar-refractivity contribution is 0.295. The van der Waals surface area contributed by atoms with Crippen LogP contribution in [0.15, 0.2) is 0 Å². The minimum atomic E-state index is 1.10. The maximum Gasteiger partial charge on any atom is 0.107 e. The summed E-state index contributed by atoms with van der Waals surface area (Å²) < 4.78 is 0. The molecule has 0 aromatic rings. The minimum Gasteiger partial charge on any atom is -0.314 e. The lowest BCUT2D eigenvalue weighted by Gasteiger charge is -2.20. The first-order valence-electron chi connectivity index (χ1n) is 5.35. The summed E-state index contributed by atoms with van der Waals surface area (Å²) in [4.78, 5) is 2.52. The molecule has 0 amide bonds. The van der Waals surface area contributed by atoms with Crippen LogP contribution in [-0.2, 0) is 0 Å². The van der Waals surface area contributed by atoms with Crippen LogP contribution < -0.4 is 10.6 Å². The monoisotopic (exact) mass is 182 g/mol. The van der Waals surface area contributed by atoms with E-state index >= 15 is 0 Å². The molecule has 0 saturated carbocycles. The molecule has 1 aliphatic rings. The van der Waals surface area contributed by atoms with Gasteiger partial charge in [-0.25, -0.2) is 0 Å². The van der Waals surface area contributed by atoms with E-state index < -0.39 is 0 Å². The second-order valence-electron chi connectivity index (χ2n) is 3.54. The third kappa shape index (κ3) is 5.29. The predicted octanol–water partition coefficient (Wildman–Crippen LogP) is -0.348. The van der Waals surface area contributed by atoms with Gasteiger partial charge in [-0.1, -0.05) is 13.1 Å². The van der Waals surface area contributed by atoms with E-state index in [-0.39, 0.29) is 0 Å². The first-order valence-corrected chi connectivity index (χ1v) is 5.35. The number of hydrogen-bond donors (Lipinski definition) is 2. The van der Waals surface area contributed by atoms with Gasteiger partial charge in [-0.2, -0.15) is 0 Å². The van der Waals surface area contributed by atoms with Crippen molar-refractivity contribution in [1.82, 2.24) is 15.5 Å². The Balaban J connectivity index is 2.16. The van der Waals surface area contributed by atoms with Crippen molar-refractivity contribution in [2.24, 2.45) is 0 Å². The molecule has 0 aromatic carbocycles. The lowest BCUT2D eigenvalue weighted by atomic mass is 9.78. The fourth-order valence-electron chi connectivity index (χ4n) is 1.55. The highest BCUT2D eigenvalue weighted by atomic mass is 15.2. The second kappa shape index (κ2) is 7.36. The van der Waals surface area contributed by atoms with Crippen molar-refractivity contribution >= 4 is 7.28 Å². The molecule has 0 aromatic heterocycles. The SMILES string of the molecule is C[B]CCN1CCNCCNCC1. The Hall–Kier alpha value is -0.0551. The van der Waals surface area contributed by atoms with Crippen molar-refractivity contribution in [3.8, 4) is 0 Å². The normalized spacial score (nSPS) is 21.6. The van der Waals surface area contributed by atoms with Gasteiger partial charge < -0.3 is 15.5 Å². The number of rotatable bonds is 3. The standard InChI is InChI=1S/C9H21BN3/c1-10-2-7-13-8-5-11-3-4-12-6-9-13/h11-12H,2-9H2,1H3. The van der Waals surface area contributed by atoms with Gasteiger partial charge in [0.25, 0.3) is 0 Å². The summed E-state index contributed by atoms with van der Waals surface area (Å²) in [6.07, 6.45) is 1.21. The fraction of sp³-hybridized carbons (Fsp3) is 1.00. The van der Waals surface area contributed by atoms with Crippen LogP contribution in [0.2, 0.25) is 13.1 Å². The van der Waals surface area contributed by atoms with Crippen LogP contribution in [0.4, 0.5) is 0 Å². The highest BCUT2D eigenvalue weighted by Gasteiger charge is 2.04. The molecule has 0 atom stereocenters. The number of nitrogens with one attached hydrogen (secondary N) is 2. The Morgan fingerprint density at radius 3 is 2.23 bits per heavy atom. The maximum absolute atomic E-state index is 3.42. The molecule has 0 unspecified atom stereocenters. The van der Waals surface area contributed by atoms with Gasteiger partial charge >= 0.3 is 0 Å². The molecule has 0 bridgehead atoms. The minimum absolute atomic E-state index is 1.10. The summed E-state index contributed by atoms with van der Waals surface area (Å²) in [5.41, 5.74) is 0. The molecule has 4 heteroatoms. The van der Waals surface area contributed by atoms with Crippen LogP contribution in [0, 0.1) is 0 Å². The molecule has 1 heterocycles. The Morgan fingerprint density at radius 2 is 1.69 bits per heavy atom. The van der Waals surface area contributed by atoms with Crippen LogP contribution in [0.3, 0.4) is 0 Å². The van der Waals surface area contributed by atoms with Crippen LogP contribution in [0.1, 0.15) is 0 Å². The molecule has 1 rings (SSSR count). The molecule has 1 fully saturated rings. The fourth-order valence-corrected chi connectivity index (χ4v) is 1.55. The summed E-state index contributed by atoms with van der Waals surface area (Å²) in [7, 11) is 2.24. The topological polar surface area (TPSA) is 27.3 Å². The van der Waals surface area contributed by atoms with Crippen molar-refractivity contribution in [1.29, 1.82) is 0 Å². The van der Waals surface area contributed by atoms with Gasteiger partial charge in [-0.15, -0.1) is 0 Å². The van der Waals surface area contributed by atoms with Gasteiger partial charge in [-0.05, 0) is 6.54 Å². The van der Waals surface area contributed by atoms with Gasteiger partial charge in [-0.3, -0.25) is 0 Å². The zero-order valence-electron chi connectivity index (χ0n) is 8.68. The Kier molecular flexibility index (Phi) is 6.24. The Morgan fingerprint density at radius 1 is 1.08 bits per heavy atom. The molecule has 75 valence electrons. The summed E-state index contributed by atoms with van der Waals surface area (Å²) in [6.45, 7) is 10.2. The van der Waals surface area contributed by atoms with Crippen molar-refractivity contribution in [3.63, 3.8) is 0 Å². The molecular weight excluding hydrogens is 161 g/mol. The van der Waals surface area contributed by atoms with Crippen LogP contribution in [0.5, 0.6) is 0 Å². The van der Waals surface area contributed by atoms with Crippen LogP contribution in [0.25, 0.3) is 0 Å². The largest absolute Gasteiger partial charge is 0.314 e. The molecular formula is C9H21BN3. The van der Waals surface area contributed by atoms with E-state index in [4.69, 9.17) is 0 Å². The smallest absolute Gasteiger partial charge is 0.107 e. The van der Waals surface area contributed by atoms with Crippen molar-refractivity contribution in [2.75, 3.05) is 45.8 Å². The van der Waals surface area contributed by atoms with Crippen LogP contribution in [-0.4, -0.2) is 58.0 Å². The number of nitrogens with zero attached hydrogens (tertiary/aromatic N) is 1. The summed E-state index contributed by atoms with van der Waals surface area (Å²) in [5.74, 6) is 0. The molecule has 1 aliphatic heterocycles. The van der Waals surface area contributed by atoms with E-state index in [1.54, 1.807) is 0 Å². The third-order valence-electron chi connectivity index (χ3n) is 2.42. The summed E-state index contributed by atoms with van der Waals surface area (Å²) >= 11 is 0. The summed E-state index contributed by atoms with van der Waals surface area (Å²) in [5, 5.41) is 6.84. The van der Waals surface area contributed by atoms with E-state index in [9.17, 15) is 0 Å². The third-order valence-corrected chi connectivity index (χ3v) is 2.42. The van der Waals surface area contributed by atoms with Gasteiger partial charge in [0.2, 0.25) is 0 Å². The highest BCUT2D eigenvalue weighted by molar-refractivity contribution is 6.33. The second-order valence-corrected chi connectivity index (χ2v) is 3.54. The molecule has 1 radical (unpaired) electrons. The Labute approximate surface area is 82.5 Å². The van der Waals surface area contributed by atoms with Gasteiger partial charge in [0, 0.05) is 39.3 Å². The lowest BCUT2D eigenvalue weighted by Crippen LogP contribution is -2.34. The average Bonchev–Trinajstić information content (AvgIpc) is 2.28. The van der Waals surface area contributed by atoms with E-state index in [0.717, 1.165) is 26.2 Å². The molecule has 2 N–H and O–H groups in total. The van der Waals surface area contributed by atoms with E-state index in [1.807, 2.05) is 0 Å². The van der Waals surface area contributed by atoms with Gasteiger partial charge in [0.1, 0.15) is 7.28 Å². The molecule has 3 nitrogen and oxygen atoms in total. The Bertz CT molecular complexity index is 111. The predicted molar refractivity (Wildman–Crippen MR) is 58.6 cm³/mol. The van der Waals surface area contributed by atoms with Crippen LogP contribution >= 0.6 is 0 Å². The quantitative estimate of drug-likeness (QED) is 0.584.